The number of hydrogen-bond donors (Lipinski definition) is 1. The number of aromatic nitrogens is 1. The van der Waals surface area contributed by atoms with Crippen LogP contribution in [0.15, 0.2) is 10.2 Å². The SMILES string of the molecule is CONC(=O)Cn1c(C)csc1=O. The van der Waals surface area contributed by atoms with Crippen molar-refractivity contribution >= 4 is 17.2 Å². The molecule has 0 aliphatic carbocycles. The van der Waals surface area contributed by atoms with Crippen LogP contribution in [-0.4, -0.2) is 17.6 Å². The van der Waals surface area contributed by atoms with E-state index in [2.05, 4.69) is 10.3 Å². The van der Waals surface area contributed by atoms with E-state index in [0.29, 0.717) is 0 Å². The Morgan fingerprint density at radius 1 is 1.77 bits per heavy atom. The highest BCUT2D eigenvalue weighted by Crippen LogP contribution is 1.98. The molecule has 5 nitrogen and oxygen atoms in total. The third-order valence-electron chi connectivity index (χ3n) is 1.49. The van der Waals surface area contributed by atoms with E-state index >= 15 is 0 Å². The van der Waals surface area contributed by atoms with E-state index in [1.165, 1.54) is 11.7 Å². The number of rotatable bonds is 3. The number of hydroxylamine groups is 1. The van der Waals surface area contributed by atoms with Crippen molar-refractivity contribution in [3.8, 4) is 0 Å². The van der Waals surface area contributed by atoms with Gasteiger partial charge in [-0.3, -0.25) is 19.0 Å². The summed E-state index contributed by atoms with van der Waals surface area (Å²) in [5.41, 5.74) is 2.92. The van der Waals surface area contributed by atoms with Crippen LogP contribution in [0.2, 0.25) is 0 Å². The summed E-state index contributed by atoms with van der Waals surface area (Å²) in [6.45, 7) is 1.78. The standard InChI is InChI=1S/C7H10N2O3S/c1-5-4-13-7(11)9(5)3-6(10)8-12-2/h4H,3H2,1-2H3,(H,8,10). The van der Waals surface area contributed by atoms with Crippen LogP contribution >= 0.6 is 11.3 Å². The zero-order valence-electron chi connectivity index (χ0n) is 7.36. The molecule has 13 heavy (non-hydrogen) atoms. The molecule has 72 valence electrons. The van der Waals surface area contributed by atoms with Crippen LogP contribution in [-0.2, 0) is 16.2 Å². The molecule has 1 aromatic heterocycles. The molecule has 0 aromatic carbocycles. The minimum atomic E-state index is -0.342. The Morgan fingerprint density at radius 3 is 2.92 bits per heavy atom. The van der Waals surface area contributed by atoms with Crippen molar-refractivity contribution in [3.05, 3.63) is 20.7 Å². The highest BCUT2D eigenvalue weighted by Gasteiger charge is 2.07. The van der Waals surface area contributed by atoms with Gasteiger partial charge in [-0.1, -0.05) is 11.3 Å². The van der Waals surface area contributed by atoms with Crippen LogP contribution in [0.1, 0.15) is 5.69 Å². The van der Waals surface area contributed by atoms with Gasteiger partial charge in [0.1, 0.15) is 6.54 Å². The van der Waals surface area contributed by atoms with Crippen LogP contribution in [0.25, 0.3) is 0 Å². The number of nitrogens with zero attached hydrogens (tertiary/aromatic N) is 1. The van der Waals surface area contributed by atoms with Gasteiger partial charge < -0.3 is 0 Å². The lowest BCUT2D eigenvalue weighted by molar-refractivity contribution is -0.131. The lowest BCUT2D eigenvalue weighted by Gasteiger charge is -2.03. The summed E-state index contributed by atoms with van der Waals surface area (Å²) in [7, 11) is 1.35. The second-order valence-electron chi connectivity index (χ2n) is 2.46. The van der Waals surface area contributed by atoms with Gasteiger partial charge in [-0.15, -0.1) is 0 Å². The first-order chi connectivity index (χ1) is 6.15. The van der Waals surface area contributed by atoms with Crippen molar-refractivity contribution in [2.45, 2.75) is 13.5 Å². The molecule has 0 unspecified atom stereocenters. The number of thiazole rings is 1. The fourth-order valence-electron chi connectivity index (χ4n) is 0.886. The van der Waals surface area contributed by atoms with E-state index in [9.17, 15) is 9.59 Å². The maximum absolute atomic E-state index is 11.1. The maximum Gasteiger partial charge on any atom is 0.307 e. The number of carbonyl (C=O) groups is 1. The van der Waals surface area contributed by atoms with Gasteiger partial charge in [0, 0.05) is 11.1 Å². The zero-order chi connectivity index (χ0) is 9.84. The minimum Gasteiger partial charge on any atom is -0.294 e. The third-order valence-corrected chi connectivity index (χ3v) is 2.38. The van der Waals surface area contributed by atoms with Crippen molar-refractivity contribution in [1.82, 2.24) is 10.0 Å². The van der Waals surface area contributed by atoms with Gasteiger partial charge in [0.25, 0.3) is 5.91 Å². The first-order valence-electron chi connectivity index (χ1n) is 3.62. The van der Waals surface area contributed by atoms with Crippen molar-refractivity contribution in [2.24, 2.45) is 0 Å². The lowest BCUT2D eigenvalue weighted by atomic mass is 10.5. The molecule has 0 fully saturated rings. The number of amides is 1. The summed E-state index contributed by atoms with van der Waals surface area (Å²) in [6.07, 6.45) is 0. The van der Waals surface area contributed by atoms with Crippen molar-refractivity contribution in [3.63, 3.8) is 0 Å². The molecule has 0 atom stereocenters. The van der Waals surface area contributed by atoms with Crippen LogP contribution in [0, 0.1) is 6.92 Å². The van der Waals surface area contributed by atoms with E-state index in [-0.39, 0.29) is 17.3 Å². The molecule has 0 aliphatic rings. The number of carbonyl (C=O) groups excluding carboxylic acids is 1. The second kappa shape index (κ2) is 4.20. The Hall–Kier alpha value is -1.14. The first-order valence-corrected chi connectivity index (χ1v) is 4.50. The predicted molar refractivity (Wildman–Crippen MR) is 48.5 cm³/mol. The second-order valence-corrected chi connectivity index (χ2v) is 3.28. The predicted octanol–water partition coefficient (Wildman–Crippen LogP) is -0.104. The Morgan fingerprint density at radius 2 is 2.46 bits per heavy atom. The summed E-state index contributed by atoms with van der Waals surface area (Å²) in [6, 6.07) is 0. The van der Waals surface area contributed by atoms with E-state index in [1.54, 1.807) is 12.3 Å². The Bertz CT molecular complexity index is 355. The highest BCUT2D eigenvalue weighted by atomic mass is 32.1. The molecule has 0 radical (unpaired) electrons. The van der Waals surface area contributed by atoms with Crippen LogP contribution < -0.4 is 10.4 Å². The van der Waals surface area contributed by atoms with Crippen molar-refractivity contribution in [1.29, 1.82) is 0 Å². The Labute approximate surface area is 78.9 Å². The molecule has 0 saturated heterocycles. The van der Waals surface area contributed by atoms with Gasteiger partial charge in [-0.05, 0) is 6.92 Å². The largest absolute Gasteiger partial charge is 0.307 e. The summed E-state index contributed by atoms with van der Waals surface area (Å²) in [5, 5.41) is 1.71. The molecule has 1 N–H and O–H groups in total. The minimum absolute atomic E-state index is 0.00199. The monoisotopic (exact) mass is 202 g/mol. The quantitative estimate of drug-likeness (QED) is 0.696. The fraction of sp³-hybridized carbons (Fsp3) is 0.429. The van der Waals surface area contributed by atoms with Crippen molar-refractivity contribution in [2.75, 3.05) is 7.11 Å². The summed E-state index contributed by atoms with van der Waals surface area (Å²) in [5.74, 6) is -0.342. The molecule has 0 aliphatic heterocycles. The number of nitrogens with one attached hydrogen (secondary N) is 1. The van der Waals surface area contributed by atoms with E-state index < -0.39 is 0 Å². The molecular formula is C7H10N2O3S. The topological polar surface area (TPSA) is 60.3 Å². The summed E-state index contributed by atoms with van der Waals surface area (Å²) in [4.78, 5) is 26.4. The average Bonchev–Trinajstić information content (AvgIpc) is 2.36. The first kappa shape index (κ1) is 9.94. The number of hydrogen-bond acceptors (Lipinski definition) is 4. The Kier molecular flexibility index (Phi) is 3.21. The Balaban J connectivity index is 2.74. The molecule has 0 bridgehead atoms. The highest BCUT2D eigenvalue weighted by molar-refractivity contribution is 7.07. The third kappa shape index (κ3) is 2.40. The van der Waals surface area contributed by atoms with Crippen LogP contribution in [0.5, 0.6) is 0 Å². The molecule has 6 heteroatoms. The maximum atomic E-state index is 11.1. The summed E-state index contributed by atoms with van der Waals surface area (Å²) < 4.78 is 1.39. The van der Waals surface area contributed by atoms with Gasteiger partial charge in [-0.25, -0.2) is 5.48 Å². The lowest BCUT2D eigenvalue weighted by Crippen LogP contribution is -2.30. The van der Waals surface area contributed by atoms with Crippen LogP contribution in [0.3, 0.4) is 0 Å². The molecular weight excluding hydrogens is 192 g/mol. The van der Waals surface area contributed by atoms with Gasteiger partial charge in [-0.2, -0.15) is 0 Å². The summed E-state index contributed by atoms with van der Waals surface area (Å²) >= 11 is 1.08. The smallest absolute Gasteiger partial charge is 0.294 e. The van der Waals surface area contributed by atoms with Gasteiger partial charge in [0.2, 0.25) is 0 Å². The van der Waals surface area contributed by atoms with Gasteiger partial charge >= 0.3 is 4.87 Å². The zero-order valence-corrected chi connectivity index (χ0v) is 8.18. The molecule has 1 rings (SSSR count). The van der Waals surface area contributed by atoms with E-state index in [0.717, 1.165) is 17.0 Å². The van der Waals surface area contributed by atoms with Crippen molar-refractivity contribution < 1.29 is 9.63 Å². The molecule has 1 amide bonds. The van der Waals surface area contributed by atoms with Gasteiger partial charge in [0.05, 0.1) is 7.11 Å². The molecule has 1 aromatic rings. The fourth-order valence-corrected chi connectivity index (χ4v) is 1.62. The normalized spacial score (nSPS) is 10.0. The van der Waals surface area contributed by atoms with E-state index in [4.69, 9.17) is 0 Å². The molecule has 0 spiro atoms. The number of aryl methyl sites for hydroxylation is 1. The van der Waals surface area contributed by atoms with Crippen LogP contribution in [0.4, 0.5) is 0 Å². The average molecular weight is 202 g/mol. The molecule has 1 heterocycles. The van der Waals surface area contributed by atoms with Gasteiger partial charge in [0.15, 0.2) is 0 Å². The molecule has 0 saturated carbocycles. The van der Waals surface area contributed by atoms with E-state index in [1.807, 2.05) is 0 Å².